The number of rotatable bonds is 5. The molecule has 0 aromatic carbocycles. The SMILES string of the molecule is CCC1(NS(=O)(=O)c2cn(C)nc2C2CCC2)CCCCC1. The fourth-order valence-corrected chi connectivity index (χ4v) is 5.55. The zero-order chi connectivity index (χ0) is 15.8. The van der Waals surface area contributed by atoms with Crippen molar-refractivity contribution in [3.8, 4) is 0 Å². The molecule has 2 fully saturated rings. The van der Waals surface area contributed by atoms with Crippen molar-refractivity contribution in [2.45, 2.75) is 81.1 Å². The average molecular weight is 325 g/mol. The molecule has 1 N–H and O–H groups in total. The summed E-state index contributed by atoms with van der Waals surface area (Å²) in [5.74, 6) is 0.316. The number of nitrogens with one attached hydrogen (secondary N) is 1. The molecule has 0 saturated heterocycles. The molecule has 5 nitrogen and oxygen atoms in total. The van der Waals surface area contributed by atoms with Gasteiger partial charge in [0.25, 0.3) is 0 Å². The fraction of sp³-hybridized carbons (Fsp3) is 0.812. The van der Waals surface area contributed by atoms with Crippen LogP contribution in [0.1, 0.15) is 76.3 Å². The van der Waals surface area contributed by atoms with Gasteiger partial charge in [0.1, 0.15) is 4.90 Å². The maximum Gasteiger partial charge on any atom is 0.244 e. The van der Waals surface area contributed by atoms with Crippen molar-refractivity contribution >= 4 is 10.0 Å². The molecule has 0 radical (unpaired) electrons. The molecule has 0 spiro atoms. The predicted octanol–water partition coefficient (Wildman–Crippen LogP) is 3.08. The molecule has 6 heteroatoms. The van der Waals surface area contributed by atoms with Gasteiger partial charge in [-0.25, -0.2) is 13.1 Å². The zero-order valence-electron chi connectivity index (χ0n) is 13.6. The highest BCUT2D eigenvalue weighted by Crippen LogP contribution is 2.39. The molecule has 0 unspecified atom stereocenters. The Morgan fingerprint density at radius 3 is 2.50 bits per heavy atom. The van der Waals surface area contributed by atoms with Gasteiger partial charge < -0.3 is 0 Å². The summed E-state index contributed by atoms with van der Waals surface area (Å²) in [4.78, 5) is 0.401. The molecule has 0 atom stereocenters. The second kappa shape index (κ2) is 5.96. The van der Waals surface area contributed by atoms with E-state index < -0.39 is 10.0 Å². The first-order valence-corrected chi connectivity index (χ1v) is 10.0. The quantitative estimate of drug-likeness (QED) is 0.905. The van der Waals surface area contributed by atoms with Crippen molar-refractivity contribution in [3.05, 3.63) is 11.9 Å². The van der Waals surface area contributed by atoms with E-state index in [-0.39, 0.29) is 5.54 Å². The molecule has 1 aromatic heterocycles. The van der Waals surface area contributed by atoms with Crippen LogP contribution in [0.3, 0.4) is 0 Å². The summed E-state index contributed by atoms with van der Waals surface area (Å²) in [7, 11) is -1.69. The maximum absolute atomic E-state index is 13.0. The second-order valence-corrected chi connectivity index (χ2v) is 8.63. The lowest BCUT2D eigenvalue weighted by Gasteiger charge is -2.37. The molecule has 2 aliphatic carbocycles. The molecule has 0 aliphatic heterocycles. The lowest BCUT2D eigenvalue weighted by atomic mass is 9.81. The standard InChI is InChI=1S/C16H27N3O2S/c1-3-16(10-5-4-6-11-16)18-22(20,21)14-12-19(2)17-15(14)13-8-7-9-13/h12-13,18H,3-11H2,1-2H3. The number of nitrogens with zero attached hydrogens (tertiary/aromatic N) is 2. The van der Waals surface area contributed by atoms with E-state index in [1.807, 2.05) is 0 Å². The largest absolute Gasteiger partial charge is 0.274 e. The van der Waals surface area contributed by atoms with Crippen molar-refractivity contribution < 1.29 is 8.42 Å². The minimum atomic E-state index is -3.49. The first-order valence-electron chi connectivity index (χ1n) is 8.53. The third-order valence-electron chi connectivity index (χ3n) is 5.44. The highest BCUT2D eigenvalue weighted by Gasteiger charge is 2.38. The first-order chi connectivity index (χ1) is 10.5. The van der Waals surface area contributed by atoms with Gasteiger partial charge in [-0.1, -0.05) is 32.6 Å². The lowest BCUT2D eigenvalue weighted by molar-refractivity contribution is 0.260. The minimum absolute atomic E-state index is 0.260. The van der Waals surface area contributed by atoms with Crippen molar-refractivity contribution in [2.24, 2.45) is 7.05 Å². The van der Waals surface area contributed by atoms with E-state index in [1.165, 1.54) is 12.8 Å². The van der Waals surface area contributed by atoms with E-state index >= 15 is 0 Å². The van der Waals surface area contributed by atoms with Crippen LogP contribution in [-0.2, 0) is 17.1 Å². The Hall–Kier alpha value is -0.880. The summed E-state index contributed by atoms with van der Waals surface area (Å²) in [5, 5.41) is 4.44. The van der Waals surface area contributed by atoms with Crippen molar-refractivity contribution in [1.82, 2.24) is 14.5 Å². The van der Waals surface area contributed by atoms with Crippen LogP contribution in [0.25, 0.3) is 0 Å². The second-order valence-electron chi connectivity index (χ2n) is 6.98. The number of hydrogen-bond donors (Lipinski definition) is 1. The first kappa shape index (κ1) is 16.0. The monoisotopic (exact) mass is 325 g/mol. The van der Waals surface area contributed by atoms with Crippen molar-refractivity contribution in [1.29, 1.82) is 0 Å². The van der Waals surface area contributed by atoms with Gasteiger partial charge in [-0.05, 0) is 32.1 Å². The van der Waals surface area contributed by atoms with Crippen LogP contribution >= 0.6 is 0 Å². The molecule has 1 heterocycles. The Morgan fingerprint density at radius 2 is 1.95 bits per heavy atom. The van der Waals surface area contributed by atoms with Gasteiger partial charge in [-0.2, -0.15) is 5.10 Å². The summed E-state index contributed by atoms with van der Waals surface area (Å²) in [6.07, 6.45) is 11.1. The molecule has 0 amide bonds. The van der Waals surface area contributed by atoms with Gasteiger partial charge >= 0.3 is 0 Å². The van der Waals surface area contributed by atoms with Crippen LogP contribution in [0, 0.1) is 0 Å². The minimum Gasteiger partial charge on any atom is -0.274 e. The molecular weight excluding hydrogens is 298 g/mol. The van der Waals surface area contributed by atoms with Crippen LogP contribution < -0.4 is 4.72 Å². The number of sulfonamides is 1. The highest BCUT2D eigenvalue weighted by atomic mass is 32.2. The Morgan fingerprint density at radius 1 is 1.27 bits per heavy atom. The lowest BCUT2D eigenvalue weighted by Crippen LogP contribution is -2.49. The molecule has 1 aromatic rings. The molecule has 124 valence electrons. The Kier molecular flexibility index (Phi) is 4.34. The fourth-order valence-electron chi connectivity index (χ4n) is 3.75. The Balaban J connectivity index is 1.89. The summed E-state index contributed by atoms with van der Waals surface area (Å²) < 4.78 is 30.6. The third kappa shape index (κ3) is 2.95. The van der Waals surface area contributed by atoms with E-state index in [1.54, 1.807) is 17.9 Å². The van der Waals surface area contributed by atoms with Crippen molar-refractivity contribution in [3.63, 3.8) is 0 Å². The number of hydrogen-bond acceptors (Lipinski definition) is 3. The van der Waals surface area contributed by atoms with Crippen LogP contribution in [0.15, 0.2) is 11.1 Å². The van der Waals surface area contributed by atoms with Crippen LogP contribution in [-0.4, -0.2) is 23.7 Å². The van der Waals surface area contributed by atoms with E-state index in [0.29, 0.717) is 10.8 Å². The highest BCUT2D eigenvalue weighted by molar-refractivity contribution is 7.89. The summed E-state index contributed by atoms with van der Waals surface area (Å²) in [6, 6.07) is 0. The van der Waals surface area contributed by atoms with Crippen LogP contribution in [0.4, 0.5) is 0 Å². The number of aryl methyl sites for hydroxylation is 1. The molecular formula is C16H27N3O2S. The smallest absolute Gasteiger partial charge is 0.244 e. The van der Waals surface area contributed by atoms with Gasteiger partial charge in [0.2, 0.25) is 10.0 Å². The summed E-state index contributed by atoms with van der Waals surface area (Å²) in [5.41, 5.74) is 0.507. The molecule has 0 bridgehead atoms. The van der Waals surface area contributed by atoms with E-state index in [2.05, 4.69) is 16.7 Å². The zero-order valence-corrected chi connectivity index (χ0v) is 14.5. The van der Waals surface area contributed by atoms with Gasteiger partial charge in [0.15, 0.2) is 0 Å². The van der Waals surface area contributed by atoms with Gasteiger partial charge in [0.05, 0.1) is 5.69 Å². The maximum atomic E-state index is 13.0. The van der Waals surface area contributed by atoms with Gasteiger partial charge in [0, 0.05) is 24.7 Å². The normalized spacial score (nSPS) is 22.5. The molecule has 3 rings (SSSR count). The van der Waals surface area contributed by atoms with E-state index in [0.717, 1.165) is 50.6 Å². The number of aromatic nitrogens is 2. The summed E-state index contributed by atoms with van der Waals surface area (Å²) in [6.45, 7) is 2.09. The van der Waals surface area contributed by atoms with E-state index in [4.69, 9.17) is 0 Å². The molecule has 2 aliphatic rings. The van der Waals surface area contributed by atoms with Gasteiger partial charge in [-0.15, -0.1) is 0 Å². The summed E-state index contributed by atoms with van der Waals surface area (Å²) >= 11 is 0. The topological polar surface area (TPSA) is 64.0 Å². The van der Waals surface area contributed by atoms with Crippen LogP contribution in [0.5, 0.6) is 0 Å². The third-order valence-corrected chi connectivity index (χ3v) is 7.04. The predicted molar refractivity (Wildman–Crippen MR) is 86.2 cm³/mol. The molecule has 22 heavy (non-hydrogen) atoms. The molecule has 2 saturated carbocycles. The van der Waals surface area contributed by atoms with E-state index in [9.17, 15) is 8.42 Å². The Labute approximate surface area is 133 Å². The Bertz CT molecular complexity index is 626. The van der Waals surface area contributed by atoms with Gasteiger partial charge in [-0.3, -0.25) is 4.68 Å². The average Bonchev–Trinajstić information content (AvgIpc) is 2.80. The van der Waals surface area contributed by atoms with Crippen molar-refractivity contribution in [2.75, 3.05) is 0 Å². The van der Waals surface area contributed by atoms with Crippen LogP contribution in [0.2, 0.25) is 0 Å².